The Morgan fingerprint density at radius 1 is 1.00 bits per heavy atom. The summed E-state index contributed by atoms with van der Waals surface area (Å²) in [7, 11) is 1.43. The van der Waals surface area contributed by atoms with E-state index in [1.54, 1.807) is 20.8 Å². The van der Waals surface area contributed by atoms with E-state index in [0.29, 0.717) is 6.42 Å². The molecule has 0 saturated heterocycles. The van der Waals surface area contributed by atoms with E-state index in [-0.39, 0.29) is 18.2 Å². The predicted octanol–water partition coefficient (Wildman–Crippen LogP) is 2.74. The molecular weight excluding hydrogens is 320 g/mol. The molecule has 146 valence electrons. The second kappa shape index (κ2) is 8.79. The van der Waals surface area contributed by atoms with E-state index in [1.807, 2.05) is 34.6 Å². The number of ether oxygens (including phenoxy) is 1. The fraction of sp³-hybridized carbons (Fsp3) is 0.842. The van der Waals surface area contributed by atoms with Crippen LogP contribution in [-0.4, -0.2) is 41.4 Å². The third-order valence-corrected chi connectivity index (χ3v) is 3.80. The molecule has 2 amide bonds. The van der Waals surface area contributed by atoms with Crippen molar-refractivity contribution in [1.29, 1.82) is 0 Å². The highest BCUT2D eigenvalue weighted by Crippen LogP contribution is 2.23. The number of rotatable bonds is 6. The Morgan fingerprint density at radius 3 is 1.84 bits per heavy atom. The molecule has 0 saturated carbocycles. The number of amides is 2. The molecule has 0 spiro atoms. The lowest BCUT2D eigenvalue weighted by molar-refractivity contribution is -0.160. The second-order valence-electron chi connectivity index (χ2n) is 9.20. The van der Waals surface area contributed by atoms with E-state index in [2.05, 4.69) is 0 Å². The van der Waals surface area contributed by atoms with Gasteiger partial charge in [0, 0.05) is 13.0 Å². The Labute approximate surface area is 152 Å². The lowest BCUT2D eigenvalue weighted by Crippen LogP contribution is -2.52. The molecule has 6 heteroatoms. The van der Waals surface area contributed by atoms with Gasteiger partial charge in [-0.2, -0.15) is 0 Å². The third-order valence-electron chi connectivity index (χ3n) is 3.80. The number of imide groups is 1. The Bertz CT molecular complexity index is 487. The minimum atomic E-state index is -0.789. The molecule has 0 rings (SSSR count). The molecule has 0 fully saturated rings. The van der Waals surface area contributed by atoms with Crippen LogP contribution in [0.15, 0.2) is 0 Å². The molecule has 0 heterocycles. The fourth-order valence-electron chi connectivity index (χ4n) is 2.39. The largest absolute Gasteiger partial charge is 0.460 e. The lowest BCUT2D eigenvalue weighted by Gasteiger charge is -2.31. The summed E-state index contributed by atoms with van der Waals surface area (Å²) in [6, 6.07) is -0.789. The Balaban J connectivity index is 5.23. The van der Waals surface area contributed by atoms with E-state index >= 15 is 0 Å². The van der Waals surface area contributed by atoms with Gasteiger partial charge in [0.05, 0.1) is 12.5 Å². The van der Waals surface area contributed by atoms with E-state index in [4.69, 9.17) is 10.5 Å². The van der Waals surface area contributed by atoms with Gasteiger partial charge in [-0.15, -0.1) is 0 Å². The summed E-state index contributed by atoms with van der Waals surface area (Å²) >= 11 is 0. The van der Waals surface area contributed by atoms with Crippen LogP contribution in [0.1, 0.15) is 68.2 Å². The highest BCUT2D eigenvalue weighted by Gasteiger charge is 2.35. The summed E-state index contributed by atoms with van der Waals surface area (Å²) in [5, 5.41) is 0. The lowest BCUT2D eigenvalue weighted by atomic mass is 9.86. The van der Waals surface area contributed by atoms with Crippen LogP contribution in [0, 0.1) is 17.3 Å². The molecule has 0 bridgehead atoms. The molecule has 0 aliphatic carbocycles. The molecule has 0 aliphatic rings. The maximum Gasteiger partial charge on any atom is 0.307 e. The van der Waals surface area contributed by atoms with Gasteiger partial charge in [0.25, 0.3) is 0 Å². The normalized spacial score (nSPS) is 14.8. The van der Waals surface area contributed by atoms with Crippen LogP contribution < -0.4 is 5.73 Å². The number of nitrogens with zero attached hydrogens (tertiary/aromatic N) is 1. The molecular formula is C19H36N2O4. The zero-order valence-corrected chi connectivity index (χ0v) is 17.3. The van der Waals surface area contributed by atoms with Crippen molar-refractivity contribution in [3.05, 3.63) is 0 Å². The smallest absolute Gasteiger partial charge is 0.307 e. The van der Waals surface area contributed by atoms with Crippen LogP contribution in [0.5, 0.6) is 0 Å². The first-order chi connectivity index (χ1) is 11.1. The maximum atomic E-state index is 12.8. The molecule has 0 aromatic rings. The summed E-state index contributed by atoms with van der Waals surface area (Å²) in [6.07, 6.45) is 0.455. The van der Waals surface area contributed by atoms with Gasteiger partial charge in [-0.3, -0.25) is 19.3 Å². The standard InChI is InChI=1S/C19H36N2O4/c1-12(2)10-13(11-14(22)25-19(6,7)8)16(23)21(9)17(24)15(20)18(3,4)5/h12-13,15H,10-11,20H2,1-9H3/t13-,15-/m1/s1. The molecule has 2 N–H and O–H groups in total. The Hall–Kier alpha value is -1.43. The summed E-state index contributed by atoms with van der Waals surface area (Å²) in [5.74, 6) is -1.65. The maximum absolute atomic E-state index is 12.8. The van der Waals surface area contributed by atoms with E-state index < -0.39 is 34.9 Å². The monoisotopic (exact) mass is 356 g/mol. The summed E-state index contributed by atoms with van der Waals surface area (Å²) < 4.78 is 5.32. The number of likely N-dealkylation sites (N-methyl/N-ethyl adjacent to an activating group) is 1. The molecule has 2 atom stereocenters. The quantitative estimate of drug-likeness (QED) is 0.739. The average Bonchev–Trinajstić information content (AvgIpc) is 2.39. The number of esters is 1. The van der Waals surface area contributed by atoms with Gasteiger partial charge in [0.2, 0.25) is 11.8 Å². The third kappa shape index (κ3) is 8.47. The van der Waals surface area contributed by atoms with Gasteiger partial charge in [0.1, 0.15) is 5.60 Å². The molecule has 0 radical (unpaired) electrons. The van der Waals surface area contributed by atoms with Crippen LogP contribution in [0.2, 0.25) is 0 Å². The second-order valence-corrected chi connectivity index (χ2v) is 9.20. The minimum absolute atomic E-state index is 0.0450. The van der Waals surface area contributed by atoms with Crippen molar-refractivity contribution in [2.75, 3.05) is 7.05 Å². The van der Waals surface area contributed by atoms with Crippen molar-refractivity contribution in [3.63, 3.8) is 0 Å². The zero-order chi connectivity index (χ0) is 20.2. The summed E-state index contributed by atoms with van der Waals surface area (Å²) in [6.45, 7) is 14.8. The number of carbonyl (C=O) groups excluding carboxylic acids is 3. The van der Waals surface area contributed by atoms with Crippen molar-refractivity contribution in [3.8, 4) is 0 Å². The molecule has 0 aliphatic heterocycles. The Morgan fingerprint density at radius 2 is 1.48 bits per heavy atom. The van der Waals surface area contributed by atoms with Crippen molar-refractivity contribution >= 4 is 17.8 Å². The first kappa shape index (κ1) is 23.6. The topological polar surface area (TPSA) is 89.7 Å². The van der Waals surface area contributed by atoms with Gasteiger partial charge < -0.3 is 10.5 Å². The zero-order valence-electron chi connectivity index (χ0n) is 17.3. The van der Waals surface area contributed by atoms with Gasteiger partial charge in [-0.25, -0.2) is 0 Å². The first-order valence-corrected chi connectivity index (χ1v) is 8.85. The summed E-state index contributed by atoms with van der Waals surface area (Å²) in [4.78, 5) is 38.5. The van der Waals surface area contributed by atoms with Crippen LogP contribution in [0.25, 0.3) is 0 Å². The van der Waals surface area contributed by atoms with Crippen LogP contribution in [0.4, 0.5) is 0 Å². The van der Waals surface area contributed by atoms with Crippen molar-refractivity contribution in [2.45, 2.75) is 79.9 Å². The highest BCUT2D eigenvalue weighted by molar-refractivity contribution is 5.99. The number of hydrogen-bond donors (Lipinski definition) is 1. The first-order valence-electron chi connectivity index (χ1n) is 8.85. The van der Waals surface area contributed by atoms with Crippen LogP contribution >= 0.6 is 0 Å². The van der Waals surface area contributed by atoms with Crippen LogP contribution in [0.3, 0.4) is 0 Å². The summed E-state index contributed by atoms with van der Waals surface area (Å²) in [5.41, 5.74) is 4.92. The van der Waals surface area contributed by atoms with Gasteiger partial charge in [0.15, 0.2) is 0 Å². The van der Waals surface area contributed by atoms with Crippen molar-refractivity contribution in [2.24, 2.45) is 23.0 Å². The van der Waals surface area contributed by atoms with Crippen LogP contribution in [-0.2, 0) is 19.1 Å². The molecule has 0 aromatic heterocycles. The van der Waals surface area contributed by atoms with Crippen molar-refractivity contribution < 1.29 is 19.1 Å². The molecule has 0 aromatic carbocycles. The van der Waals surface area contributed by atoms with Gasteiger partial charge >= 0.3 is 5.97 Å². The molecule has 0 unspecified atom stereocenters. The Kier molecular flexibility index (Phi) is 8.28. The van der Waals surface area contributed by atoms with Crippen molar-refractivity contribution in [1.82, 2.24) is 4.90 Å². The average molecular weight is 357 g/mol. The minimum Gasteiger partial charge on any atom is -0.460 e. The fourth-order valence-corrected chi connectivity index (χ4v) is 2.39. The SMILES string of the molecule is CC(C)C[C@H](CC(=O)OC(C)(C)C)C(=O)N(C)C(=O)[C@@H](N)C(C)(C)C. The highest BCUT2D eigenvalue weighted by atomic mass is 16.6. The molecule has 6 nitrogen and oxygen atoms in total. The van der Waals surface area contributed by atoms with E-state index in [0.717, 1.165) is 4.90 Å². The predicted molar refractivity (Wildman–Crippen MR) is 98.6 cm³/mol. The number of nitrogens with two attached hydrogens (primary N) is 1. The van der Waals surface area contributed by atoms with E-state index in [1.165, 1.54) is 7.05 Å². The number of carbonyl (C=O) groups is 3. The van der Waals surface area contributed by atoms with E-state index in [9.17, 15) is 14.4 Å². The molecule has 25 heavy (non-hydrogen) atoms. The van der Waals surface area contributed by atoms with Gasteiger partial charge in [-0.1, -0.05) is 34.6 Å². The van der Waals surface area contributed by atoms with Gasteiger partial charge in [-0.05, 0) is 38.5 Å². The number of hydrogen-bond acceptors (Lipinski definition) is 5.